The van der Waals surface area contributed by atoms with Crippen LogP contribution in [0.1, 0.15) is 47.7 Å². The number of carboxylic acids is 1. The highest BCUT2D eigenvalue weighted by atomic mass is 16.5. The van der Waals surface area contributed by atoms with Gasteiger partial charge in [-0.2, -0.15) is 0 Å². The zero-order valence-corrected chi connectivity index (χ0v) is 19.4. The van der Waals surface area contributed by atoms with Crippen molar-refractivity contribution in [2.45, 2.75) is 32.6 Å². The number of hydrogen-bond donors (Lipinski definition) is 3. The quantitative estimate of drug-likeness (QED) is 0.436. The van der Waals surface area contributed by atoms with Crippen LogP contribution in [0.4, 0.5) is 0 Å². The monoisotopic (exact) mass is 461 g/mol. The third kappa shape index (κ3) is 4.99. The van der Waals surface area contributed by atoms with Crippen LogP contribution in [-0.2, 0) is 11.2 Å². The van der Waals surface area contributed by atoms with Gasteiger partial charge in [-0.1, -0.05) is 13.8 Å². The summed E-state index contributed by atoms with van der Waals surface area (Å²) in [6.07, 6.45) is 1.32. The molecule has 0 bridgehead atoms. The largest absolute Gasteiger partial charge is 0.493 e. The molecule has 3 N–H and O–H groups in total. The maximum atomic E-state index is 12.8. The molecule has 0 amide bonds. The summed E-state index contributed by atoms with van der Waals surface area (Å²) < 4.78 is 22.2. The fourth-order valence-electron chi connectivity index (χ4n) is 4.22. The van der Waals surface area contributed by atoms with Crippen molar-refractivity contribution in [2.75, 3.05) is 40.6 Å². The summed E-state index contributed by atoms with van der Waals surface area (Å²) in [5.74, 6) is -0.267. The Balaban J connectivity index is 2.21. The maximum absolute atomic E-state index is 12.8. The van der Waals surface area contributed by atoms with Crippen LogP contribution in [0.3, 0.4) is 0 Å². The molecular formula is C24H31NO8. The third-order valence-corrected chi connectivity index (χ3v) is 5.78. The number of aliphatic hydroxyl groups is 1. The molecule has 1 unspecified atom stereocenters. The zero-order valence-electron chi connectivity index (χ0n) is 19.4. The van der Waals surface area contributed by atoms with Gasteiger partial charge in [-0.3, -0.25) is 4.79 Å². The molecule has 3 rings (SSSR count). The Hall–Kier alpha value is -3.04. The minimum Gasteiger partial charge on any atom is -0.493 e. The van der Waals surface area contributed by atoms with Crippen LogP contribution in [0, 0.1) is 5.92 Å². The summed E-state index contributed by atoms with van der Waals surface area (Å²) in [6.45, 7) is 4.69. The van der Waals surface area contributed by atoms with Crippen molar-refractivity contribution in [1.82, 2.24) is 4.98 Å². The fourth-order valence-corrected chi connectivity index (χ4v) is 4.22. The average molecular weight is 462 g/mol. The van der Waals surface area contributed by atoms with Gasteiger partial charge in [0.05, 0.1) is 26.0 Å². The van der Waals surface area contributed by atoms with Crippen LogP contribution in [0.15, 0.2) is 16.9 Å². The molecule has 0 fully saturated rings. The van der Waals surface area contributed by atoms with Crippen LogP contribution in [0.5, 0.6) is 17.2 Å². The topological polar surface area (TPSA) is 127 Å². The lowest BCUT2D eigenvalue weighted by molar-refractivity contribution is 0.0688. The molecule has 1 aliphatic rings. The Morgan fingerprint density at radius 2 is 1.91 bits per heavy atom. The molecule has 2 aromatic rings. The normalized spacial score (nSPS) is 14.5. The molecular weight excluding hydrogens is 430 g/mol. The zero-order chi connectivity index (χ0) is 24.1. The van der Waals surface area contributed by atoms with E-state index in [0.717, 1.165) is 17.5 Å². The van der Waals surface area contributed by atoms with Gasteiger partial charge >= 0.3 is 5.97 Å². The molecule has 1 atom stereocenters. The predicted molar refractivity (Wildman–Crippen MR) is 122 cm³/mol. The van der Waals surface area contributed by atoms with Gasteiger partial charge in [-0.05, 0) is 36.0 Å². The third-order valence-electron chi connectivity index (χ3n) is 5.78. The Kier molecular flexibility index (Phi) is 7.99. The number of nitrogens with one attached hydrogen (secondary N) is 1. The Bertz CT molecular complexity index is 1060. The van der Waals surface area contributed by atoms with Crippen LogP contribution in [-0.4, -0.2) is 61.8 Å². The molecule has 0 radical (unpaired) electrons. The van der Waals surface area contributed by atoms with Crippen LogP contribution >= 0.6 is 0 Å². The van der Waals surface area contributed by atoms with Crippen molar-refractivity contribution >= 4 is 5.97 Å². The van der Waals surface area contributed by atoms with Crippen molar-refractivity contribution in [3.05, 3.63) is 39.2 Å². The molecule has 33 heavy (non-hydrogen) atoms. The molecule has 180 valence electrons. The van der Waals surface area contributed by atoms with E-state index in [1.807, 2.05) is 19.9 Å². The number of carboxylic acid groups (broad SMARTS) is 1. The second-order valence-electron chi connectivity index (χ2n) is 8.23. The van der Waals surface area contributed by atoms with Gasteiger partial charge in [-0.25, -0.2) is 4.79 Å². The van der Waals surface area contributed by atoms with E-state index >= 15 is 0 Å². The minimum absolute atomic E-state index is 0.0125. The van der Waals surface area contributed by atoms with Gasteiger partial charge < -0.3 is 34.1 Å². The summed E-state index contributed by atoms with van der Waals surface area (Å²) >= 11 is 0. The number of fused-ring (bicyclic) bond motifs is 3. The first kappa shape index (κ1) is 24.6. The molecule has 0 aliphatic heterocycles. The molecule has 9 heteroatoms. The number of aliphatic hydroxyl groups excluding tert-OH is 1. The Morgan fingerprint density at radius 3 is 2.52 bits per heavy atom. The van der Waals surface area contributed by atoms with Gasteiger partial charge in [0.25, 0.3) is 5.56 Å². The van der Waals surface area contributed by atoms with E-state index in [4.69, 9.17) is 18.9 Å². The highest BCUT2D eigenvalue weighted by Crippen LogP contribution is 2.49. The van der Waals surface area contributed by atoms with E-state index in [1.54, 1.807) is 13.2 Å². The fraction of sp³-hybridized carbons (Fsp3) is 0.500. The average Bonchev–Trinajstić information content (AvgIpc) is 2.78. The van der Waals surface area contributed by atoms with E-state index < -0.39 is 17.1 Å². The highest BCUT2D eigenvalue weighted by molar-refractivity contribution is 5.93. The van der Waals surface area contributed by atoms with Crippen molar-refractivity contribution in [3.8, 4) is 28.5 Å². The lowest BCUT2D eigenvalue weighted by Gasteiger charge is -2.32. The molecule has 1 aromatic heterocycles. The number of H-pyrrole nitrogens is 1. The van der Waals surface area contributed by atoms with Crippen LogP contribution < -0.4 is 19.8 Å². The van der Waals surface area contributed by atoms with Gasteiger partial charge in [0.1, 0.15) is 12.4 Å². The van der Waals surface area contributed by atoms with Crippen molar-refractivity contribution < 1.29 is 34.0 Å². The Morgan fingerprint density at radius 1 is 1.15 bits per heavy atom. The minimum atomic E-state index is -1.38. The number of methoxy groups -OCH3 is 2. The van der Waals surface area contributed by atoms with E-state index in [9.17, 15) is 19.8 Å². The van der Waals surface area contributed by atoms with Crippen molar-refractivity contribution in [2.24, 2.45) is 5.92 Å². The lowest BCUT2D eigenvalue weighted by Crippen LogP contribution is -2.27. The van der Waals surface area contributed by atoms with Crippen LogP contribution in [0.25, 0.3) is 11.3 Å². The SMILES string of the molecule is COCCCOc1cc2c(cc1OC)-c1[nH]c(=O)c(C(=O)O)c(OCCO)c1C(C(C)C)C2. The van der Waals surface area contributed by atoms with Crippen LogP contribution in [0.2, 0.25) is 0 Å². The summed E-state index contributed by atoms with van der Waals surface area (Å²) in [7, 11) is 3.18. The summed E-state index contributed by atoms with van der Waals surface area (Å²) in [5, 5.41) is 19.0. The Labute approximate surface area is 192 Å². The number of aromatic nitrogens is 1. The number of aromatic amines is 1. The predicted octanol–water partition coefficient (Wildman–Crippen LogP) is 2.83. The standard InChI is InChI=1S/C24H31NO8/c1-13(2)15-10-14-11-18(32-8-5-7-30-3)17(31-4)12-16(14)21-19(15)22(33-9-6-26)20(24(28)29)23(27)25-21/h11-13,15,26H,5-10H2,1-4H3,(H,25,27)(H,28,29). The first-order valence-electron chi connectivity index (χ1n) is 10.9. The number of rotatable bonds is 11. The summed E-state index contributed by atoms with van der Waals surface area (Å²) in [4.78, 5) is 27.5. The second kappa shape index (κ2) is 10.7. The van der Waals surface area contributed by atoms with E-state index in [1.165, 1.54) is 7.11 Å². The summed E-state index contributed by atoms with van der Waals surface area (Å²) in [6, 6.07) is 3.71. The van der Waals surface area contributed by atoms with Gasteiger partial charge in [0.2, 0.25) is 0 Å². The molecule has 1 aromatic carbocycles. The first-order chi connectivity index (χ1) is 15.8. The van der Waals surface area contributed by atoms with Crippen molar-refractivity contribution in [1.29, 1.82) is 0 Å². The number of aromatic carboxylic acids is 1. The molecule has 1 heterocycles. The molecule has 0 spiro atoms. The van der Waals surface area contributed by atoms with Crippen molar-refractivity contribution in [3.63, 3.8) is 0 Å². The van der Waals surface area contributed by atoms with Gasteiger partial charge in [0.15, 0.2) is 17.1 Å². The summed E-state index contributed by atoms with van der Waals surface area (Å²) in [5.41, 5.74) is 1.59. The highest BCUT2D eigenvalue weighted by Gasteiger charge is 2.35. The number of ether oxygens (including phenoxy) is 4. The van der Waals surface area contributed by atoms with E-state index in [0.29, 0.717) is 42.4 Å². The molecule has 0 saturated heterocycles. The first-order valence-corrected chi connectivity index (χ1v) is 10.9. The van der Waals surface area contributed by atoms with E-state index in [2.05, 4.69) is 4.98 Å². The van der Waals surface area contributed by atoms with E-state index in [-0.39, 0.29) is 30.8 Å². The van der Waals surface area contributed by atoms with Gasteiger partial charge in [-0.15, -0.1) is 0 Å². The molecule has 1 aliphatic carbocycles. The van der Waals surface area contributed by atoms with Gasteiger partial charge in [0, 0.05) is 31.3 Å². The number of benzene rings is 1. The number of carbonyl (C=O) groups is 1. The smallest absolute Gasteiger partial charge is 0.345 e. The second-order valence-corrected chi connectivity index (χ2v) is 8.23. The number of hydrogen-bond acceptors (Lipinski definition) is 7. The number of pyridine rings is 1. The maximum Gasteiger partial charge on any atom is 0.345 e. The molecule has 9 nitrogen and oxygen atoms in total. The lowest BCUT2D eigenvalue weighted by atomic mass is 9.75. The molecule has 0 saturated carbocycles.